The minimum atomic E-state index is -0.479. The van der Waals surface area contributed by atoms with Gasteiger partial charge < -0.3 is 25.5 Å². The van der Waals surface area contributed by atoms with E-state index in [2.05, 4.69) is 10.5 Å². The predicted octanol–water partition coefficient (Wildman–Crippen LogP) is -0.138. The molecule has 0 aromatic rings. The van der Waals surface area contributed by atoms with Crippen LogP contribution in [0.1, 0.15) is 25.7 Å². The Labute approximate surface area is 102 Å². The zero-order valence-electron chi connectivity index (χ0n) is 10.2. The van der Waals surface area contributed by atoms with E-state index >= 15 is 0 Å². The van der Waals surface area contributed by atoms with Crippen molar-refractivity contribution in [2.45, 2.75) is 37.8 Å². The van der Waals surface area contributed by atoms with E-state index in [0.717, 1.165) is 19.1 Å². The van der Waals surface area contributed by atoms with Crippen LogP contribution in [0.15, 0.2) is 5.10 Å². The van der Waals surface area contributed by atoms with Crippen LogP contribution in [0.2, 0.25) is 0 Å². The molecule has 0 spiro atoms. The number of hydrazone groups is 1. The second kappa shape index (κ2) is 11.2. The Balaban J connectivity index is 3.76. The minimum absolute atomic E-state index is 0.296. The van der Waals surface area contributed by atoms with Crippen LogP contribution in [0.5, 0.6) is 0 Å². The van der Waals surface area contributed by atoms with Gasteiger partial charge in [-0.3, -0.25) is 0 Å². The number of nitrogens with zero attached hydrogens (tertiary/aromatic N) is 1. The summed E-state index contributed by atoms with van der Waals surface area (Å²) in [4.78, 5) is 21.1. The second-order valence-corrected chi connectivity index (χ2v) is 3.61. The molecular formula is C11H21N3O3. The fourth-order valence-corrected chi connectivity index (χ4v) is 1.18. The van der Waals surface area contributed by atoms with E-state index in [1.165, 1.54) is 13.3 Å². The number of aldehydes is 2. The summed E-state index contributed by atoms with van der Waals surface area (Å²) in [5.41, 5.74) is 8.08. The first-order valence-electron chi connectivity index (χ1n) is 5.69. The zero-order valence-corrected chi connectivity index (χ0v) is 10.2. The van der Waals surface area contributed by atoms with E-state index in [0.29, 0.717) is 25.7 Å². The van der Waals surface area contributed by atoms with Gasteiger partial charge in [0.15, 0.2) is 0 Å². The lowest BCUT2D eigenvalue weighted by Gasteiger charge is -2.09. The van der Waals surface area contributed by atoms with Crippen LogP contribution >= 0.6 is 0 Å². The summed E-state index contributed by atoms with van der Waals surface area (Å²) in [5.74, 6) is 0. The molecule has 6 heteroatoms. The fraction of sp³-hybridized carbons (Fsp3) is 0.727. The van der Waals surface area contributed by atoms with Crippen molar-refractivity contribution >= 4 is 18.8 Å². The van der Waals surface area contributed by atoms with Crippen molar-refractivity contribution < 1.29 is 14.3 Å². The van der Waals surface area contributed by atoms with Crippen LogP contribution in [0, 0.1) is 0 Å². The van der Waals surface area contributed by atoms with Crippen LogP contribution in [0.25, 0.3) is 0 Å². The molecule has 6 nitrogen and oxygen atoms in total. The average Bonchev–Trinajstić information content (AvgIpc) is 2.37. The molecule has 0 heterocycles. The first-order valence-corrected chi connectivity index (χ1v) is 5.69. The van der Waals surface area contributed by atoms with Crippen molar-refractivity contribution in [1.82, 2.24) is 5.43 Å². The molecule has 98 valence electrons. The molecule has 2 atom stereocenters. The third kappa shape index (κ3) is 8.53. The lowest BCUT2D eigenvalue weighted by Crippen LogP contribution is -2.26. The quantitative estimate of drug-likeness (QED) is 0.228. The van der Waals surface area contributed by atoms with Gasteiger partial charge in [0.25, 0.3) is 0 Å². The molecule has 3 N–H and O–H groups in total. The third-order valence-electron chi connectivity index (χ3n) is 2.26. The Hall–Kier alpha value is -1.27. The number of hydrogen-bond donors (Lipinski definition) is 2. The summed E-state index contributed by atoms with van der Waals surface area (Å²) in [6.07, 6.45) is 5.46. The third-order valence-corrected chi connectivity index (χ3v) is 2.26. The van der Waals surface area contributed by atoms with Crippen molar-refractivity contribution in [1.29, 1.82) is 0 Å². The van der Waals surface area contributed by atoms with E-state index < -0.39 is 6.10 Å². The summed E-state index contributed by atoms with van der Waals surface area (Å²) >= 11 is 0. The van der Waals surface area contributed by atoms with E-state index in [-0.39, 0.29) is 6.04 Å². The standard InChI is InChI=1S/C11H21N3O3/c1-17-11(9-16)5-7-13-14-10(8-15)4-2-3-6-12/h7-11,14H,2-6,12H2,1H3/t10-,11+/m0/s1. The van der Waals surface area contributed by atoms with Gasteiger partial charge in [0.1, 0.15) is 18.7 Å². The van der Waals surface area contributed by atoms with Crippen molar-refractivity contribution in [2.24, 2.45) is 10.8 Å². The molecule has 0 amide bonds. The maximum Gasteiger partial charge on any atom is 0.149 e. The molecule has 0 saturated heterocycles. The highest BCUT2D eigenvalue weighted by molar-refractivity contribution is 5.67. The van der Waals surface area contributed by atoms with Gasteiger partial charge in [0, 0.05) is 19.7 Å². The number of hydrogen-bond acceptors (Lipinski definition) is 6. The SMILES string of the molecule is CO[C@@H](C=O)CC=NN[C@H](C=O)CCCCN. The Morgan fingerprint density at radius 1 is 1.35 bits per heavy atom. The molecule has 0 aromatic carbocycles. The normalized spacial score (nSPS) is 14.5. The molecular weight excluding hydrogens is 222 g/mol. The number of ether oxygens (including phenoxy) is 1. The smallest absolute Gasteiger partial charge is 0.149 e. The summed E-state index contributed by atoms with van der Waals surface area (Å²) in [7, 11) is 1.46. The first kappa shape index (κ1) is 15.7. The number of unbranched alkanes of at least 4 members (excludes halogenated alkanes) is 1. The van der Waals surface area contributed by atoms with Crippen LogP contribution < -0.4 is 11.2 Å². The predicted molar refractivity (Wildman–Crippen MR) is 65.9 cm³/mol. The lowest BCUT2D eigenvalue weighted by atomic mass is 10.1. The fourth-order valence-electron chi connectivity index (χ4n) is 1.18. The largest absolute Gasteiger partial charge is 0.374 e. The van der Waals surface area contributed by atoms with Gasteiger partial charge in [-0.05, 0) is 25.8 Å². The van der Waals surface area contributed by atoms with E-state index in [1.807, 2.05) is 0 Å². The molecule has 0 aliphatic rings. The first-order chi connectivity index (χ1) is 8.28. The van der Waals surface area contributed by atoms with Crippen LogP contribution in [0.3, 0.4) is 0 Å². The summed E-state index contributed by atoms with van der Waals surface area (Å²) in [6, 6.07) is -0.296. The van der Waals surface area contributed by atoms with Crippen molar-refractivity contribution in [3.05, 3.63) is 0 Å². The molecule has 0 unspecified atom stereocenters. The highest BCUT2D eigenvalue weighted by atomic mass is 16.5. The van der Waals surface area contributed by atoms with Gasteiger partial charge in [-0.1, -0.05) is 0 Å². The van der Waals surface area contributed by atoms with Crippen molar-refractivity contribution in [3.8, 4) is 0 Å². The summed E-state index contributed by atoms with van der Waals surface area (Å²) in [6.45, 7) is 0.629. The molecule has 17 heavy (non-hydrogen) atoms. The summed E-state index contributed by atoms with van der Waals surface area (Å²) < 4.78 is 4.84. The maximum absolute atomic E-state index is 10.7. The number of carbonyl (C=O) groups excluding carboxylic acids is 2. The van der Waals surface area contributed by atoms with Gasteiger partial charge in [-0.15, -0.1) is 0 Å². The Bertz CT molecular complexity index is 234. The molecule has 0 bridgehead atoms. The van der Waals surface area contributed by atoms with Crippen LogP contribution in [-0.2, 0) is 14.3 Å². The monoisotopic (exact) mass is 243 g/mol. The minimum Gasteiger partial charge on any atom is -0.374 e. The van der Waals surface area contributed by atoms with E-state index in [9.17, 15) is 9.59 Å². The Morgan fingerprint density at radius 3 is 2.65 bits per heavy atom. The van der Waals surface area contributed by atoms with Gasteiger partial charge >= 0.3 is 0 Å². The lowest BCUT2D eigenvalue weighted by molar-refractivity contribution is -0.116. The topological polar surface area (TPSA) is 93.8 Å². The Morgan fingerprint density at radius 2 is 2.12 bits per heavy atom. The molecule has 0 aliphatic heterocycles. The molecule has 0 radical (unpaired) electrons. The van der Waals surface area contributed by atoms with Gasteiger partial charge in [0.05, 0.1) is 6.04 Å². The molecule has 0 aromatic heterocycles. The number of rotatable bonds is 11. The number of nitrogens with one attached hydrogen (secondary N) is 1. The zero-order chi connectivity index (χ0) is 12.9. The highest BCUT2D eigenvalue weighted by Gasteiger charge is 2.05. The van der Waals surface area contributed by atoms with E-state index in [4.69, 9.17) is 10.5 Å². The molecule has 0 saturated carbocycles. The molecule has 0 rings (SSSR count). The van der Waals surface area contributed by atoms with Gasteiger partial charge in [-0.25, -0.2) is 0 Å². The van der Waals surface area contributed by atoms with Crippen molar-refractivity contribution in [3.63, 3.8) is 0 Å². The molecule has 0 fully saturated rings. The second-order valence-electron chi connectivity index (χ2n) is 3.61. The summed E-state index contributed by atoms with van der Waals surface area (Å²) in [5, 5.41) is 3.88. The highest BCUT2D eigenvalue weighted by Crippen LogP contribution is 1.98. The molecule has 0 aliphatic carbocycles. The van der Waals surface area contributed by atoms with Gasteiger partial charge in [-0.2, -0.15) is 5.10 Å². The number of carbonyl (C=O) groups is 2. The van der Waals surface area contributed by atoms with E-state index in [1.54, 1.807) is 0 Å². The number of nitrogens with two attached hydrogens (primary N) is 1. The average molecular weight is 243 g/mol. The van der Waals surface area contributed by atoms with Crippen LogP contribution in [0.4, 0.5) is 0 Å². The van der Waals surface area contributed by atoms with Crippen LogP contribution in [-0.4, -0.2) is 44.6 Å². The maximum atomic E-state index is 10.7. The van der Waals surface area contributed by atoms with Crippen molar-refractivity contribution in [2.75, 3.05) is 13.7 Å². The Kier molecular flexibility index (Phi) is 10.4. The van der Waals surface area contributed by atoms with Gasteiger partial charge in [0.2, 0.25) is 0 Å². The number of methoxy groups -OCH3 is 1.